The van der Waals surface area contributed by atoms with Crippen LogP contribution >= 0.6 is 0 Å². The summed E-state index contributed by atoms with van der Waals surface area (Å²) >= 11 is 0. The minimum atomic E-state index is -0.407. The second-order valence-electron chi connectivity index (χ2n) is 8.85. The highest BCUT2D eigenvalue weighted by molar-refractivity contribution is 5.94. The molecule has 34 heavy (non-hydrogen) atoms. The molecule has 3 aromatic rings. The third-order valence-electron chi connectivity index (χ3n) is 6.58. The number of fused-ring (bicyclic) bond motifs is 2. The van der Waals surface area contributed by atoms with Crippen LogP contribution in [0.15, 0.2) is 35.3 Å². The van der Waals surface area contributed by atoms with Crippen LogP contribution in [0.3, 0.4) is 0 Å². The van der Waals surface area contributed by atoms with Crippen molar-refractivity contribution < 1.29 is 13.9 Å². The van der Waals surface area contributed by atoms with Crippen LogP contribution in [-0.2, 0) is 24.9 Å². The van der Waals surface area contributed by atoms with Crippen LogP contribution in [0.2, 0.25) is 0 Å². The van der Waals surface area contributed by atoms with Crippen molar-refractivity contribution in [1.82, 2.24) is 25.2 Å². The molecule has 5 rings (SSSR count). The number of aromatic nitrogens is 3. The lowest BCUT2D eigenvalue weighted by Gasteiger charge is -2.30. The van der Waals surface area contributed by atoms with E-state index in [9.17, 15) is 14.0 Å². The van der Waals surface area contributed by atoms with Crippen LogP contribution in [0.5, 0.6) is 5.75 Å². The first-order valence-electron chi connectivity index (χ1n) is 11.5. The van der Waals surface area contributed by atoms with Crippen LogP contribution in [-0.4, -0.2) is 39.1 Å². The molecule has 0 radical (unpaired) electrons. The van der Waals surface area contributed by atoms with E-state index >= 15 is 0 Å². The monoisotopic (exact) mass is 466 g/mol. The van der Waals surface area contributed by atoms with E-state index in [2.05, 4.69) is 25.9 Å². The maximum Gasteiger partial charge on any atom is 0.263 e. The molecule has 9 nitrogen and oxygen atoms in total. The van der Waals surface area contributed by atoms with E-state index < -0.39 is 5.82 Å². The average molecular weight is 467 g/mol. The van der Waals surface area contributed by atoms with Crippen molar-refractivity contribution in [2.24, 2.45) is 7.05 Å². The molecule has 1 aliphatic carbocycles. The van der Waals surface area contributed by atoms with Gasteiger partial charge in [-0.1, -0.05) is 0 Å². The first-order valence-corrected chi connectivity index (χ1v) is 11.5. The molecule has 0 spiro atoms. The van der Waals surface area contributed by atoms with Crippen molar-refractivity contribution >= 4 is 22.8 Å². The highest BCUT2D eigenvalue weighted by atomic mass is 19.1. The number of halogens is 1. The Hall–Kier alpha value is -3.37. The highest BCUT2D eigenvalue weighted by Crippen LogP contribution is 2.26. The van der Waals surface area contributed by atoms with Gasteiger partial charge in [0, 0.05) is 43.9 Å². The summed E-state index contributed by atoms with van der Waals surface area (Å²) in [6.07, 6.45) is 5.11. The van der Waals surface area contributed by atoms with Gasteiger partial charge >= 0.3 is 0 Å². The SMILES string of the molecule is Cn1c(=O)ccc2ncc(F)c(CNC3CCC(NCc4ccc5c(n4)NC(=O)CO5)CC3)c21. The molecule has 0 aromatic carbocycles. The molecule has 0 bridgehead atoms. The van der Waals surface area contributed by atoms with E-state index in [-0.39, 0.29) is 24.1 Å². The molecule has 2 aliphatic rings. The number of carbonyl (C=O) groups is 1. The topological polar surface area (TPSA) is 110 Å². The summed E-state index contributed by atoms with van der Waals surface area (Å²) in [6.45, 7) is 0.970. The Morgan fingerprint density at radius 3 is 2.59 bits per heavy atom. The molecule has 1 fully saturated rings. The number of amides is 1. The molecule has 1 aliphatic heterocycles. The summed E-state index contributed by atoms with van der Waals surface area (Å²) in [4.78, 5) is 32.1. The van der Waals surface area contributed by atoms with Gasteiger partial charge in [-0.05, 0) is 43.9 Å². The Morgan fingerprint density at radius 1 is 1.09 bits per heavy atom. The first-order chi connectivity index (χ1) is 16.5. The molecular formula is C24H27FN6O3. The van der Waals surface area contributed by atoms with Crippen molar-refractivity contribution in [3.05, 3.63) is 57.9 Å². The lowest BCUT2D eigenvalue weighted by Crippen LogP contribution is -2.39. The maximum atomic E-state index is 14.6. The fourth-order valence-corrected chi connectivity index (χ4v) is 4.67. The fraction of sp³-hybridized carbons (Fsp3) is 0.417. The summed E-state index contributed by atoms with van der Waals surface area (Å²) in [5, 5.41) is 9.75. The molecule has 4 heterocycles. The van der Waals surface area contributed by atoms with Gasteiger partial charge in [-0.15, -0.1) is 0 Å². The van der Waals surface area contributed by atoms with Crippen LogP contribution in [0.1, 0.15) is 36.9 Å². The number of nitrogens with zero attached hydrogens (tertiary/aromatic N) is 3. The minimum absolute atomic E-state index is 0.0195. The molecule has 0 atom stereocenters. The van der Waals surface area contributed by atoms with Gasteiger partial charge < -0.3 is 25.3 Å². The molecule has 178 valence electrons. The number of pyridine rings is 3. The Bertz CT molecular complexity index is 1290. The zero-order chi connectivity index (χ0) is 23.7. The minimum Gasteiger partial charge on any atom is -0.480 e. The van der Waals surface area contributed by atoms with Gasteiger partial charge in [0.1, 0.15) is 5.82 Å². The van der Waals surface area contributed by atoms with Gasteiger partial charge in [0.15, 0.2) is 18.2 Å². The van der Waals surface area contributed by atoms with E-state index in [0.717, 1.165) is 31.4 Å². The van der Waals surface area contributed by atoms with E-state index in [1.54, 1.807) is 13.1 Å². The van der Waals surface area contributed by atoms with Gasteiger partial charge in [0.2, 0.25) is 0 Å². The molecule has 3 aromatic heterocycles. The summed E-state index contributed by atoms with van der Waals surface area (Å²) in [6, 6.07) is 7.45. The summed E-state index contributed by atoms with van der Waals surface area (Å²) in [5.41, 5.74) is 2.27. The number of nitrogens with one attached hydrogen (secondary N) is 3. The lowest BCUT2D eigenvalue weighted by molar-refractivity contribution is -0.118. The Kier molecular flexibility index (Phi) is 6.25. The van der Waals surface area contributed by atoms with Crippen LogP contribution in [0.25, 0.3) is 11.0 Å². The smallest absolute Gasteiger partial charge is 0.263 e. The van der Waals surface area contributed by atoms with E-state index in [1.807, 2.05) is 12.1 Å². The zero-order valence-electron chi connectivity index (χ0n) is 18.9. The third kappa shape index (κ3) is 4.64. The first kappa shape index (κ1) is 22.4. The average Bonchev–Trinajstić information content (AvgIpc) is 2.85. The Labute approximate surface area is 195 Å². The number of carbonyl (C=O) groups excluding carboxylic acids is 1. The second-order valence-corrected chi connectivity index (χ2v) is 8.85. The number of rotatable bonds is 6. The van der Waals surface area contributed by atoms with Gasteiger partial charge in [0.05, 0.1) is 22.9 Å². The van der Waals surface area contributed by atoms with Crippen molar-refractivity contribution in [3.63, 3.8) is 0 Å². The van der Waals surface area contributed by atoms with Crippen molar-refractivity contribution in [2.75, 3.05) is 11.9 Å². The molecule has 0 unspecified atom stereocenters. The summed E-state index contributed by atoms with van der Waals surface area (Å²) in [7, 11) is 1.64. The van der Waals surface area contributed by atoms with E-state index in [0.29, 0.717) is 47.3 Å². The number of aryl methyl sites for hydroxylation is 1. The predicted molar refractivity (Wildman–Crippen MR) is 125 cm³/mol. The number of ether oxygens (including phenoxy) is 1. The van der Waals surface area contributed by atoms with Crippen molar-refractivity contribution in [1.29, 1.82) is 0 Å². The highest BCUT2D eigenvalue weighted by Gasteiger charge is 2.22. The van der Waals surface area contributed by atoms with Crippen molar-refractivity contribution in [3.8, 4) is 5.75 Å². The van der Waals surface area contributed by atoms with Crippen LogP contribution in [0.4, 0.5) is 10.2 Å². The maximum absolute atomic E-state index is 14.6. The molecule has 1 saturated carbocycles. The van der Waals surface area contributed by atoms with Crippen LogP contribution in [0, 0.1) is 5.82 Å². The zero-order valence-corrected chi connectivity index (χ0v) is 18.9. The predicted octanol–water partition coefficient (Wildman–Crippen LogP) is 1.99. The standard InChI is InChI=1S/C24H27FN6O3/c1-31-22(33)9-7-19-23(31)17(18(25)12-28-19)11-27-15-4-2-14(3-5-15)26-10-16-6-8-20-24(29-16)30-21(32)13-34-20/h6-9,12,14-15,26-27H,2-5,10-11,13H2,1H3,(H,29,30,32). The number of hydrogen-bond donors (Lipinski definition) is 3. The van der Waals surface area contributed by atoms with Crippen molar-refractivity contribution in [2.45, 2.75) is 50.9 Å². The van der Waals surface area contributed by atoms with Gasteiger partial charge in [-0.25, -0.2) is 9.37 Å². The normalized spacial score (nSPS) is 20.0. The number of hydrogen-bond acceptors (Lipinski definition) is 7. The largest absolute Gasteiger partial charge is 0.480 e. The van der Waals surface area contributed by atoms with Gasteiger partial charge in [-0.2, -0.15) is 0 Å². The molecular weight excluding hydrogens is 439 g/mol. The molecule has 10 heteroatoms. The number of anilines is 1. The van der Waals surface area contributed by atoms with E-state index in [1.165, 1.54) is 16.8 Å². The Morgan fingerprint density at radius 2 is 1.82 bits per heavy atom. The summed E-state index contributed by atoms with van der Waals surface area (Å²) in [5.74, 6) is 0.457. The fourth-order valence-electron chi connectivity index (χ4n) is 4.67. The molecule has 0 saturated heterocycles. The van der Waals surface area contributed by atoms with Gasteiger partial charge in [-0.3, -0.25) is 14.6 Å². The van der Waals surface area contributed by atoms with Crippen LogP contribution < -0.4 is 26.2 Å². The molecule has 3 N–H and O–H groups in total. The summed E-state index contributed by atoms with van der Waals surface area (Å²) < 4.78 is 21.4. The molecule has 1 amide bonds. The van der Waals surface area contributed by atoms with E-state index in [4.69, 9.17) is 4.74 Å². The Balaban J connectivity index is 1.15. The third-order valence-corrected chi connectivity index (χ3v) is 6.58. The van der Waals surface area contributed by atoms with Gasteiger partial charge in [0.25, 0.3) is 11.5 Å². The second kappa shape index (κ2) is 9.47. The quantitative estimate of drug-likeness (QED) is 0.510. The lowest BCUT2D eigenvalue weighted by atomic mass is 9.91.